The van der Waals surface area contributed by atoms with Crippen LogP contribution in [0.1, 0.15) is 24.2 Å². The van der Waals surface area contributed by atoms with Crippen molar-refractivity contribution < 1.29 is 9.90 Å². The van der Waals surface area contributed by atoms with Gasteiger partial charge in [0.15, 0.2) is 0 Å². The number of aryl methyl sites for hydroxylation is 1. The zero-order chi connectivity index (χ0) is 10.7. The van der Waals surface area contributed by atoms with Gasteiger partial charge >= 0.3 is 5.97 Å². The minimum absolute atomic E-state index is 0.606. The third kappa shape index (κ3) is 2.26. The monoisotopic (exact) mass is 206 g/mol. The van der Waals surface area contributed by atoms with Crippen LogP contribution in [0, 0.1) is 0 Å². The number of carboxylic acid groups (broad SMARTS) is 1. The largest absolute Gasteiger partial charge is 0.478 e. The molecule has 0 fully saturated rings. The van der Waals surface area contributed by atoms with Crippen molar-refractivity contribution in [2.75, 3.05) is 0 Å². The number of imidazole rings is 1. The highest BCUT2D eigenvalue weighted by atomic mass is 16.4. The first-order chi connectivity index (χ1) is 7.27. The Morgan fingerprint density at radius 2 is 2.33 bits per heavy atom. The number of carboxylic acids is 1. The van der Waals surface area contributed by atoms with Crippen LogP contribution in [-0.4, -0.2) is 20.6 Å². The van der Waals surface area contributed by atoms with Crippen LogP contribution in [-0.2, 0) is 24.2 Å². The summed E-state index contributed by atoms with van der Waals surface area (Å²) < 4.78 is 2.04. The smallest absolute Gasteiger partial charge is 0.328 e. The second-order valence-corrected chi connectivity index (χ2v) is 3.74. The van der Waals surface area contributed by atoms with Crippen LogP contribution in [0.15, 0.2) is 18.5 Å². The molecule has 1 heterocycles. The lowest BCUT2D eigenvalue weighted by molar-refractivity contribution is -0.131. The molecule has 2 rings (SSSR count). The van der Waals surface area contributed by atoms with E-state index in [1.54, 1.807) is 6.08 Å². The Hall–Kier alpha value is -1.58. The summed E-state index contributed by atoms with van der Waals surface area (Å²) in [6, 6.07) is 0. The summed E-state index contributed by atoms with van der Waals surface area (Å²) in [6.45, 7) is 0.606. The molecule has 1 aliphatic carbocycles. The number of allylic oxidation sites excluding steroid dienone is 1. The summed E-state index contributed by atoms with van der Waals surface area (Å²) >= 11 is 0. The average molecular weight is 206 g/mol. The second kappa shape index (κ2) is 4.29. The van der Waals surface area contributed by atoms with Gasteiger partial charge in [-0.2, -0.15) is 0 Å². The zero-order valence-electron chi connectivity index (χ0n) is 8.52. The zero-order valence-corrected chi connectivity index (χ0v) is 8.52. The van der Waals surface area contributed by atoms with Gasteiger partial charge in [-0.3, -0.25) is 0 Å². The summed E-state index contributed by atoms with van der Waals surface area (Å²) in [6.07, 6.45) is 9.19. The highest BCUT2D eigenvalue weighted by molar-refractivity contribution is 5.79. The normalized spacial score (nSPS) is 15.5. The number of fused-ring (bicyclic) bond motifs is 1. The molecular formula is C11H14N2O2. The summed E-state index contributed by atoms with van der Waals surface area (Å²) in [5, 5.41) is 8.47. The molecule has 0 aliphatic heterocycles. The lowest BCUT2D eigenvalue weighted by atomic mass is 10.0. The lowest BCUT2D eigenvalue weighted by Gasteiger charge is -2.12. The van der Waals surface area contributed by atoms with E-state index in [1.165, 1.54) is 30.3 Å². The molecule has 0 aromatic carbocycles. The molecule has 0 bridgehead atoms. The summed E-state index contributed by atoms with van der Waals surface area (Å²) in [4.78, 5) is 14.6. The van der Waals surface area contributed by atoms with E-state index in [2.05, 4.69) is 4.98 Å². The quantitative estimate of drug-likeness (QED) is 0.760. The van der Waals surface area contributed by atoms with Crippen molar-refractivity contribution in [3.63, 3.8) is 0 Å². The minimum atomic E-state index is -0.899. The minimum Gasteiger partial charge on any atom is -0.478 e. The van der Waals surface area contributed by atoms with Gasteiger partial charge in [0.05, 0.1) is 12.0 Å². The first kappa shape index (κ1) is 9.96. The molecule has 1 aromatic heterocycles. The van der Waals surface area contributed by atoms with Crippen LogP contribution in [0.5, 0.6) is 0 Å². The van der Waals surface area contributed by atoms with Crippen molar-refractivity contribution in [2.45, 2.75) is 32.2 Å². The molecule has 0 saturated carbocycles. The third-order valence-corrected chi connectivity index (χ3v) is 2.67. The molecule has 0 amide bonds. The van der Waals surface area contributed by atoms with E-state index >= 15 is 0 Å². The number of nitrogens with zero attached hydrogens (tertiary/aromatic N) is 2. The molecule has 1 aliphatic rings. The van der Waals surface area contributed by atoms with Gasteiger partial charge < -0.3 is 9.67 Å². The van der Waals surface area contributed by atoms with Gasteiger partial charge in [-0.1, -0.05) is 6.08 Å². The van der Waals surface area contributed by atoms with E-state index < -0.39 is 5.97 Å². The average Bonchev–Trinajstić information content (AvgIpc) is 2.62. The van der Waals surface area contributed by atoms with Crippen molar-refractivity contribution in [3.8, 4) is 0 Å². The number of carbonyl (C=O) groups is 1. The number of hydrogen-bond acceptors (Lipinski definition) is 2. The molecule has 80 valence electrons. The van der Waals surface area contributed by atoms with Gasteiger partial charge in [-0.05, 0) is 25.7 Å². The fraction of sp³-hybridized carbons (Fsp3) is 0.455. The van der Waals surface area contributed by atoms with Crippen LogP contribution in [0.25, 0.3) is 0 Å². The molecule has 4 heteroatoms. The van der Waals surface area contributed by atoms with Crippen LogP contribution in [0.2, 0.25) is 0 Å². The fourth-order valence-electron chi connectivity index (χ4n) is 1.96. The maximum absolute atomic E-state index is 10.3. The van der Waals surface area contributed by atoms with E-state index in [0.29, 0.717) is 6.54 Å². The maximum Gasteiger partial charge on any atom is 0.328 e. The SMILES string of the molecule is O=C(O)/C=C/Cn1cnc2c1CCCC2. The molecule has 15 heavy (non-hydrogen) atoms. The second-order valence-electron chi connectivity index (χ2n) is 3.74. The number of aromatic nitrogens is 2. The van der Waals surface area contributed by atoms with Crippen LogP contribution >= 0.6 is 0 Å². The topological polar surface area (TPSA) is 55.1 Å². The van der Waals surface area contributed by atoms with Crippen molar-refractivity contribution in [1.82, 2.24) is 9.55 Å². The van der Waals surface area contributed by atoms with Crippen LogP contribution in [0.3, 0.4) is 0 Å². The first-order valence-electron chi connectivity index (χ1n) is 5.19. The van der Waals surface area contributed by atoms with Gasteiger partial charge in [0, 0.05) is 18.3 Å². The van der Waals surface area contributed by atoms with Crippen LogP contribution in [0.4, 0.5) is 0 Å². The van der Waals surface area contributed by atoms with Gasteiger partial charge in [-0.15, -0.1) is 0 Å². The Morgan fingerprint density at radius 1 is 1.53 bits per heavy atom. The highest BCUT2D eigenvalue weighted by Crippen LogP contribution is 2.19. The summed E-state index contributed by atoms with van der Waals surface area (Å²) in [5.41, 5.74) is 2.46. The van der Waals surface area contributed by atoms with Gasteiger partial charge in [0.25, 0.3) is 0 Å². The molecule has 0 radical (unpaired) electrons. The maximum atomic E-state index is 10.3. The van der Waals surface area contributed by atoms with Crippen molar-refractivity contribution in [1.29, 1.82) is 0 Å². The molecule has 0 unspecified atom stereocenters. The molecule has 0 spiro atoms. The molecular weight excluding hydrogens is 192 g/mol. The van der Waals surface area contributed by atoms with E-state index in [-0.39, 0.29) is 0 Å². The predicted octanol–water partition coefficient (Wildman–Crippen LogP) is 1.40. The molecule has 1 N–H and O–H groups in total. The molecule has 0 saturated heterocycles. The molecule has 1 aromatic rings. The van der Waals surface area contributed by atoms with E-state index in [0.717, 1.165) is 12.8 Å². The van der Waals surface area contributed by atoms with Crippen molar-refractivity contribution in [2.24, 2.45) is 0 Å². The number of rotatable bonds is 3. The summed E-state index contributed by atoms with van der Waals surface area (Å²) in [5.74, 6) is -0.899. The fourth-order valence-corrected chi connectivity index (χ4v) is 1.96. The Balaban J connectivity index is 2.08. The lowest BCUT2D eigenvalue weighted by Crippen LogP contribution is -2.07. The van der Waals surface area contributed by atoms with Crippen molar-refractivity contribution >= 4 is 5.97 Å². The van der Waals surface area contributed by atoms with Crippen LogP contribution < -0.4 is 0 Å². The summed E-state index contributed by atoms with van der Waals surface area (Å²) in [7, 11) is 0. The predicted molar refractivity (Wildman–Crippen MR) is 55.6 cm³/mol. The Labute approximate surface area is 88.3 Å². The number of aliphatic carboxylic acids is 1. The third-order valence-electron chi connectivity index (χ3n) is 2.67. The van der Waals surface area contributed by atoms with E-state index in [4.69, 9.17) is 5.11 Å². The number of hydrogen-bond donors (Lipinski definition) is 1. The highest BCUT2D eigenvalue weighted by Gasteiger charge is 2.13. The Morgan fingerprint density at radius 3 is 3.13 bits per heavy atom. The standard InChI is InChI=1S/C11H14N2O2/c14-11(15)6-3-7-13-8-12-9-4-1-2-5-10(9)13/h3,6,8H,1-2,4-5,7H2,(H,14,15)/b6-3+. The molecule has 4 nitrogen and oxygen atoms in total. The first-order valence-corrected chi connectivity index (χ1v) is 5.19. The van der Waals surface area contributed by atoms with E-state index in [9.17, 15) is 4.79 Å². The Kier molecular flexibility index (Phi) is 2.85. The molecule has 0 atom stereocenters. The van der Waals surface area contributed by atoms with Gasteiger partial charge in [0.2, 0.25) is 0 Å². The van der Waals surface area contributed by atoms with Gasteiger partial charge in [0.1, 0.15) is 0 Å². The van der Waals surface area contributed by atoms with Crippen molar-refractivity contribution in [3.05, 3.63) is 29.9 Å². The van der Waals surface area contributed by atoms with Gasteiger partial charge in [-0.25, -0.2) is 9.78 Å². The Bertz CT molecular complexity index is 393. The van der Waals surface area contributed by atoms with E-state index in [1.807, 2.05) is 10.9 Å².